The van der Waals surface area contributed by atoms with Crippen molar-refractivity contribution in [3.8, 4) is 0 Å². The zero-order valence-corrected chi connectivity index (χ0v) is 12.7. The van der Waals surface area contributed by atoms with E-state index in [2.05, 4.69) is 36.3 Å². The van der Waals surface area contributed by atoms with Crippen LogP contribution >= 0.6 is 0 Å². The first kappa shape index (κ1) is 14.7. The lowest BCUT2D eigenvalue weighted by Crippen LogP contribution is -2.37. The third kappa shape index (κ3) is 2.72. The van der Waals surface area contributed by atoms with Crippen molar-refractivity contribution in [1.82, 2.24) is 10.3 Å². The van der Waals surface area contributed by atoms with Crippen LogP contribution in [0.1, 0.15) is 43.4 Å². The molecule has 1 fully saturated rings. The van der Waals surface area contributed by atoms with Crippen molar-refractivity contribution in [3.63, 3.8) is 0 Å². The zero-order valence-electron chi connectivity index (χ0n) is 12.7. The molecule has 0 bridgehead atoms. The number of benzene rings is 1. The van der Waals surface area contributed by atoms with Gasteiger partial charge in [-0.2, -0.15) is 0 Å². The van der Waals surface area contributed by atoms with Crippen LogP contribution in [-0.2, 0) is 0 Å². The molecule has 0 saturated carbocycles. The molecule has 0 spiro atoms. The molecule has 1 N–H and O–H groups in total. The molecule has 0 aliphatic carbocycles. The maximum atomic E-state index is 10.8. The van der Waals surface area contributed by atoms with Crippen molar-refractivity contribution in [2.45, 2.75) is 37.8 Å². The van der Waals surface area contributed by atoms with Crippen LogP contribution in [0.4, 0.5) is 5.69 Å². The summed E-state index contributed by atoms with van der Waals surface area (Å²) in [6.45, 7) is 4.40. The summed E-state index contributed by atoms with van der Waals surface area (Å²) in [5.41, 5.74) is 2.46. The Bertz CT molecular complexity index is 668. The molecule has 2 atom stereocenters. The molecule has 3 rings (SSSR count). The summed E-state index contributed by atoms with van der Waals surface area (Å²) in [6, 6.07) is 11.2. The minimum absolute atomic E-state index is 0.0339. The van der Waals surface area contributed by atoms with Gasteiger partial charge in [-0.15, -0.1) is 0 Å². The summed E-state index contributed by atoms with van der Waals surface area (Å²) in [6.07, 6.45) is 4.62. The number of nitro groups is 1. The van der Waals surface area contributed by atoms with Gasteiger partial charge in [0.1, 0.15) is 0 Å². The maximum absolute atomic E-state index is 10.8. The van der Waals surface area contributed by atoms with Crippen molar-refractivity contribution in [2.24, 2.45) is 0 Å². The van der Waals surface area contributed by atoms with Crippen LogP contribution in [0.25, 0.3) is 0 Å². The summed E-state index contributed by atoms with van der Waals surface area (Å²) >= 11 is 0. The number of non-ortho nitro benzene ring substituents is 1. The number of hydrogen-bond donors (Lipinski definition) is 1. The van der Waals surface area contributed by atoms with Gasteiger partial charge in [0.2, 0.25) is 0 Å². The molecule has 1 saturated heterocycles. The van der Waals surface area contributed by atoms with Crippen LogP contribution in [0.15, 0.2) is 48.8 Å². The average molecular weight is 297 g/mol. The molecule has 1 aliphatic heterocycles. The van der Waals surface area contributed by atoms with Gasteiger partial charge < -0.3 is 5.32 Å². The molecular formula is C17H19N3O2. The van der Waals surface area contributed by atoms with Crippen molar-refractivity contribution in [1.29, 1.82) is 0 Å². The van der Waals surface area contributed by atoms with E-state index in [9.17, 15) is 10.1 Å². The quantitative estimate of drug-likeness (QED) is 0.694. The molecule has 2 heterocycles. The zero-order chi connectivity index (χ0) is 15.7. The lowest BCUT2D eigenvalue weighted by atomic mass is 9.83. The van der Waals surface area contributed by atoms with Gasteiger partial charge in [0.25, 0.3) is 5.69 Å². The molecule has 2 aromatic rings. The third-order valence-electron chi connectivity index (χ3n) is 4.50. The second-order valence-corrected chi connectivity index (χ2v) is 6.34. The fraction of sp³-hybridized carbons (Fsp3) is 0.353. The van der Waals surface area contributed by atoms with E-state index in [1.807, 2.05) is 24.5 Å². The van der Waals surface area contributed by atoms with Crippen LogP contribution in [0.3, 0.4) is 0 Å². The van der Waals surface area contributed by atoms with Crippen LogP contribution in [0.5, 0.6) is 0 Å². The summed E-state index contributed by atoms with van der Waals surface area (Å²) < 4.78 is 0. The molecular weight excluding hydrogens is 278 g/mol. The molecule has 1 aliphatic rings. The van der Waals surface area contributed by atoms with Gasteiger partial charge in [0.05, 0.1) is 4.92 Å². The Morgan fingerprint density at radius 2 is 1.77 bits per heavy atom. The smallest absolute Gasteiger partial charge is 0.269 e. The van der Waals surface area contributed by atoms with E-state index in [-0.39, 0.29) is 22.2 Å². The second kappa shape index (κ2) is 5.50. The molecule has 0 amide bonds. The highest BCUT2D eigenvalue weighted by molar-refractivity contribution is 5.36. The number of pyridine rings is 1. The SMILES string of the molecule is CC1(C)NC(c2ccc([N+](=O)[O-])cc2)CC1c1ccncc1. The van der Waals surface area contributed by atoms with Gasteiger partial charge in [-0.05, 0) is 43.5 Å². The minimum atomic E-state index is -0.366. The van der Waals surface area contributed by atoms with Gasteiger partial charge in [-0.1, -0.05) is 12.1 Å². The van der Waals surface area contributed by atoms with Crippen LogP contribution in [0.2, 0.25) is 0 Å². The van der Waals surface area contributed by atoms with Crippen molar-refractivity contribution in [2.75, 3.05) is 0 Å². The topological polar surface area (TPSA) is 68.1 Å². The van der Waals surface area contributed by atoms with Gasteiger partial charge in [0.15, 0.2) is 0 Å². The Morgan fingerprint density at radius 3 is 2.36 bits per heavy atom. The van der Waals surface area contributed by atoms with Gasteiger partial charge >= 0.3 is 0 Å². The maximum Gasteiger partial charge on any atom is 0.269 e. The minimum Gasteiger partial charge on any atom is -0.304 e. The molecule has 5 heteroatoms. The third-order valence-corrected chi connectivity index (χ3v) is 4.50. The Labute approximate surface area is 129 Å². The van der Waals surface area contributed by atoms with E-state index in [0.29, 0.717) is 5.92 Å². The van der Waals surface area contributed by atoms with E-state index in [0.717, 1.165) is 12.0 Å². The molecule has 0 radical (unpaired) electrons. The Hall–Kier alpha value is -2.27. The monoisotopic (exact) mass is 297 g/mol. The van der Waals surface area contributed by atoms with E-state index in [1.165, 1.54) is 5.56 Å². The van der Waals surface area contributed by atoms with E-state index >= 15 is 0 Å². The average Bonchev–Trinajstić information content (AvgIpc) is 2.84. The largest absolute Gasteiger partial charge is 0.304 e. The van der Waals surface area contributed by atoms with Crippen LogP contribution in [0, 0.1) is 10.1 Å². The highest BCUT2D eigenvalue weighted by Gasteiger charge is 2.41. The molecule has 114 valence electrons. The summed E-state index contributed by atoms with van der Waals surface area (Å²) in [5, 5.41) is 14.4. The first-order valence-corrected chi connectivity index (χ1v) is 7.39. The molecule has 2 unspecified atom stereocenters. The van der Waals surface area contributed by atoms with Gasteiger partial charge in [-0.25, -0.2) is 0 Å². The number of hydrogen-bond acceptors (Lipinski definition) is 4. The van der Waals surface area contributed by atoms with Crippen LogP contribution in [-0.4, -0.2) is 15.4 Å². The predicted octanol–water partition coefficient (Wildman–Crippen LogP) is 3.59. The predicted molar refractivity (Wildman–Crippen MR) is 84.6 cm³/mol. The lowest BCUT2D eigenvalue weighted by Gasteiger charge is -2.27. The number of nitro benzene ring substituents is 1. The van der Waals surface area contributed by atoms with E-state index in [1.54, 1.807) is 12.1 Å². The fourth-order valence-corrected chi connectivity index (χ4v) is 3.34. The van der Waals surface area contributed by atoms with E-state index in [4.69, 9.17) is 0 Å². The van der Waals surface area contributed by atoms with Crippen molar-refractivity contribution >= 4 is 5.69 Å². The van der Waals surface area contributed by atoms with Gasteiger partial charge in [-0.3, -0.25) is 15.1 Å². The Kier molecular flexibility index (Phi) is 3.66. The van der Waals surface area contributed by atoms with Crippen LogP contribution < -0.4 is 5.32 Å². The normalized spacial score (nSPS) is 23.4. The molecule has 5 nitrogen and oxygen atoms in total. The van der Waals surface area contributed by atoms with Crippen molar-refractivity contribution in [3.05, 3.63) is 70.0 Å². The Balaban J connectivity index is 1.84. The molecule has 1 aromatic carbocycles. The summed E-state index contributed by atoms with van der Waals surface area (Å²) in [7, 11) is 0. The van der Waals surface area contributed by atoms with E-state index < -0.39 is 0 Å². The first-order valence-electron chi connectivity index (χ1n) is 7.39. The number of nitrogens with zero attached hydrogens (tertiary/aromatic N) is 2. The highest BCUT2D eigenvalue weighted by Crippen LogP contribution is 2.43. The highest BCUT2D eigenvalue weighted by atomic mass is 16.6. The summed E-state index contributed by atoms with van der Waals surface area (Å²) in [4.78, 5) is 14.5. The second-order valence-electron chi connectivity index (χ2n) is 6.34. The Morgan fingerprint density at radius 1 is 1.14 bits per heavy atom. The summed E-state index contributed by atoms with van der Waals surface area (Å²) in [5.74, 6) is 0.385. The van der Waals surface area contributed by atoms with Gasteiger partial charge in [0, 0.05) is 42.0 Å². The molecule has 1 aromatic heterocycles. The first-order chi connectivity index (χ1) is 10.5. The number of nitrogens with one attached hydrogen (secondary N) is 1. The lowest BCUT2D eigenvalue weighted by molar-refractivity contribution is -0.384. The number of aromatic nitrogens is 1. The van der Waals surface area contributed by atoms with Crippen molar-refractivity contribution < 1.29 is 4.92 Å². The number of rotatable bonds is 3. The fourth-order valence-electron chi connectivity index (χ4n) is 3.34. The standard InChI is InChI=1S/C17H19N3O2/c1-17(2)15(12-7-9-18-10-8-12)11-16(19-17)13-3-5-14(6-4-13)20(21)22/h3-10,15-16,19H,11H2,1-2H3. The molecule has 22 heavy (non-hydrogen) atoms.